The van der Waals surface area contributed by atoms with Gasteiger partial charge in [0.15, 0.2) is 0 Å². The summed E-state index contributed by atoms with van der Waals surface area (Å²) in [4.78, 5) is 48.2. The van der Waals surface area contributed by atoms with Crippen LogP contribution in [0.2, 0.25) is 0 Å². The van der Waals surface area contributed by atoms with Gasteiger partial charge in [0, 0.05) is 12.8 Å². The number of rotatable bonds is 2. The van der Waals surface area contributed by atoms with Crippen molar-refractivity contribution >= 4 is 23.5 Å². The lowest BCUT2D eigenvalue weighted by molar-refractivity contribution is -0.177. The number of carbonyl (C=O) groups is 4. The van der Waals surface area contributed by atoms with Gasteiger partial charge in [-0.15, -0.1) is 0 Å². The highest BCUT2D eigenvalue weighted by Gasteiger charge is 2.64. The molecule has 6 heteroatoms. The topological polar surface area (TPSA) is 86.7 Å². The Balaban J connectivity index is 2.48. The van der Waals surface area contributed by atoms with Crippen LogP contribution in [-0.2, 0) is 28.7 Å². The highest BCUT2D eigenvalue weighted by Crippen LogP contribution is 2.53. The number of ether oxygens (including phenoxy) is 2. The minimum absolute atomic E-state index is 0.0237. The molecule has 0 aliphatic heterocycles. The van der Waals surface area contributed by atoms with Gasteiger partial charge in [0.05, 0.1) is 14.2 Å². The molecule has 0 unspecified atom stereocenters. The summed E-state index contributed by atoms with van der Waals surface area (Å²) in [6.07, 6.45) is 0.176. The number of esters is 2. The maximum Gasteiger partial charge on any atom is 0.319 e. The molecular formula is C13H16O6. The number of methoxy groups -OCH3 is 2. The summed E-state index contributed by atoms with van der Waals surface area (Å²) in [5.41, 5.74) is -2.70. The Kier molecular flexibility index (Phi) is 3.20. The van der Waals surface area contributed by atoms with E-state index in [1.165, 1.54) is 14.2 Å². The van der Waals surface area contributed by atoms with Crippen LogP contribution in [0, 0.1) is 10.8 Å². The molecule has 0 radical (unpaired) electrons. The SMILES string of the molecule is COC(=O)[C@]12CCC(=O)[C@@](C(=O)OC)(CCC1=O)C2. The van der Waals surface area contributed by atoms with Gasteiger partial charge in [0.25, 0.3) is 0 Å². The molecule has 0 spiro atoms. The van der Waals surface area contributed by atoms with E-state index in [1.807, 2.05) is 0 Å². The third-order valence-electron chi connectivity index (χ3n) is 4.38. The van der Waals surface area contributed by atoms with Crippen molar-refractivity contribution in [2.75, 3.05) is 14.2 Å². The van der Waals surface area contributed by atoms with Crippen LogP contribution in [0.4, 0.5) is 0 Å². The molecule has 0 aromatic heterocycles. The van der Waals surface area contributed by atoms with Crippen molar-refractivity contribution in [3.8, 4) is 0 Å². The van der Waals surface area contributed by atoms with E-state index in [4.69, 9.17) is 9.47 Å². The standard InChI is InChI=1S/C13H16O6/c1-18-10(16)12-5-3-9(15)13(7-12,11(17)19-2)6-4-8(12)14/h3-7H2,1-2H3/t12-,13+. The molecule has 2 saturated carbocycles. The summed E-state index contributed by atoms with van der Waals surface area (Å²) < 4.78 is 9.41. The first-order valence-corrected chi connectivity index (χ1v) is 6.16. The van der Waals surface area contributed by atoms with Crippen LogP contribution in [0.1, 0.15) is 32.1 Å². The molecule has 2 bridgehead atoms. The summed E-state index contributed by atoms with van der Waals surface area (Å²) in [7, 11) is 2.41. The van der Waals surface area contributed by atoms with Gasteiger partial charge in [-0.2, -0.15) is 0 Å². The predicted octanol–water partition coefficient (Wildman–Crippen LogP) is 0.421. The number of carbonyl (C=O) groups excluding carboxylic acids is 4. The molecule has 0 saturated heterocycles. The summed E-state index contributed by atoms with van der Waals surface area (Å²) in [5.74, 6) is -1.80. The Hall–Kier alpha value is -1.72. The average Bonchev–Trinajstić information content (AvgIpc) is 2.44. The first-order chi connectivity index (χ1) is 8.93. The third-order valence-corrected chi connectivity index (χ3v) is 4.38. The molecule has 2 aliphatic rings. The molecule has 0 aromatic carbocycles. The highest BCUT2D eigenvalue weighted by molar-refractivity contribution is 6.13. The molecule has 6 nitrogen and oxygen atoms in total. The molecule has 104 valence electrons. The Morgan fingerprint density at radius 2 is 1.26 bits per heavy atom. The smallest absolute Gasteiger partial charge is 0.319 e. The van der Waals surface area contributed by atoms with Crippen LogP contribution in [0.5, 0.6) is 0 Å². The van der Waals surface area contributed by atoms with Crippen molar-refractivity contribution in [2.45, 2.75) is 32.1 Å². The Labute approximate surface area is 110 Å². The number of hydrogen-bond donors (Lipinski definition) is 0. The molecule has 0 amide bonds. The van der Waals surface area contributed by atoms with E-state index in [1.54, 1.807) is 0 Å². The zero-order chi connectivity index (χ0) is 14.3. The number of hydrogen-bond acceptors (Lipinski definition) is 6. The maximum absolute atomic E-state index is 12.1. The number of Topliss-reactive ketones (excluding diaryl/α,β-unsaturated/α-hetero) is 2. The van der Waals surface area contributed by atoms with Gasteiger partial charge in [-0.05, 0) is 19.3 Å². The van der Waals surface area contributed by atoms with Gasteiger partial charge in [-0.1, -0.05) is 0 Å². The average molecular weight is 268 g/mol. The van der Waals surface area contributed by atoms with Crippen LogP contribution in [-0.4, -0.2) is 37.7 Å². The van der Waals surface area contributed by atoms with Crippen molar-refractivity contribution in [3.63, 3.8) is 0 Å². The Morgan fingerprint density at radius 1 is 0.895 bits per heavy atom. The number of ketones is 2. The molecule has 0 heterocycles. The van der Waals surface area contributed by atoms with E-state index in [0.29, 0.717) is 0 Å². The lowest BCUT2D eigenvalue weighted by atomic mass is 9.53. The van der Waals surface area contributed by atoms with Crippen LogP contribution in [0.3, 0.4) is 0 Å². The van der Waals surface area contributed by atoms with Crippen LogP contribution in [0.15, 0.2) is 0 Å². The second-order valence-corrected chi connectivity index (χ2v) is 5.17. The van der Waals surface area contributed by atoms with Crippen LogP contribution >= 0.6 is 0 Å². The minimum atomic E-state index is -1.35. The van der Waals surface area contributed by atoms with Gasteiger partial charge >= 0.3 is 11.9 Å². The summed E-state index contributed by atoms with van der Waals surface area (Å²) in [6, 6.07) is 0. The lowest BCUT2D eigenvalue weighted by Crippen LogP contribution is -2.58. The second kappa shape index (κ2) is 4.43. The van der Waals surface area contributed by atoms with E-state index < -0.39 is 22.8 Å². The molecule has 2 aliphatic carbocycles. The maximum atomic E-state index is 12.1. The fourth-order valence-corrected chi connectivity index (χ4v) is 3.27. The molecule has 2 rings (SSSR count). The number of fused-ring (bicyclic) bond motifs is 2. The predicted molar refractivity (Wildman–Crippen MR) is 62.0 cm³/mol. The molecule has 2 atom stereocenters. The Bertz CT molecular complexity index is 406. The largest absolute Gasteiger partial charge is 0.468 e. The molecule has 2 fully saturated rings. The molecular weight excluding hydrogens is 252 g/mol. The van der Waals surface area contributed by atoms with E-state index in [-0.39, 0.29) is 43.7 Å². The summed E-state index contributed by atoms with van der Waals surface area (Å²) >= 11 is 0. The fraction of sp³-hybridized carbons (Fsp3) is 0.692. The van der Waals surface area contributed by atoms with Gasteiger partial charge < -0.3 is 9.47 Å². The second-order valence-electron chi connectivity index (χ2n) is 5.17. The van der Waals surface area contributed by atoms with Gasteiger partial charge in [0.1, 0.15) is 22.4 Å². The quantitative estimate of drug-likeness (QED) is 0.533. The van der Waals surface area contributed by atoms with Crippen LogP contribution < -0.4 is 0 Å². The van der Waals surface area contributed by atoms with E-state index in [9.17, 15) is 19.2 Å². The summed E-state index contributed by atoms with van der Waals surface area (Å²) in [6.45, 7) is 0. The molecule has 0 N–H and O–H groups in total. The van der Waals surface area contributed by atoms with Gasteiger partial charge in [-0.3, -0.25) is 19.2 Å². The van der Waals surface area contributed by atoms with E-state index in [0.717, 1.165) is 0 Å². The minimum Gasteiger partial charge on any atom is -0.468 e. The van der Waals surface area contributed by atoms with Crippen molar-refractivity contribution in [3.05, 3.63) is 0 Å². The first kappa shape index (κ1) is 13.7. The zero-order valence-corrected chi connectivity index (χ0v) is 11.0. The van der Waals surface area contributed by atoms with Crippen molar-refractivity contribution < 1.29 is 28.7 Å². The molecule has 0 aromatic rings. The Morgan fingerprint density at radius 3 is 1.58 bits per heavy atom. The van der Waals surface area contributed by atoms with Crippen LogP contribution in [0.25, 0.3) is 0 Å². The van der Waals surface area contributed by atoms with Gasteiger partial charge in [0.2, 0.25) is 0 Å². The lowest BCUT2D eigenvalue weighted by Gasteiger charge is -2.46. The normalized spacial score (nSPS) is 33.8. The zero-order valence-electron chi connectivity index (χ0n) is 11.0. The van der Waals surface area contributed by atoms with Gasteiger partial charge in [-0.25, -0.2) is 0 Å². The van der Waals surface area contributed by atoms with Crippen molar-refractivity contribution in [1.82, 2.24) is 0 Å². The van der Waals surface area contributed by atoms with E-state index in [2.05, 4.69) is 0 Å². The van der Waals surface area contributed by atoms with Crippen molar-refractivity contribution in [2.24, 2.45) is 10.8 Å². The fourth-order valence-electron chi connectivity index (χ4n) is 3.27. The highest BCUT2D eigenvalue weighted by atomic mass is 16.5. The molecule has 19 heavy (non-hydrogen) atoms. The first-order valence-electron chi connectivity index (χ1n) is 6.16. The monoisotopic (exact) mass is 268 g/mol. The van der Waals surface area contributed by atoms with E-state index >= 15 is 0 Å². The summed E-state index contributed by atoms with van der Waals surface area (Å²) in [5, 5.41) is 0. The van der Waals surface area contributed by atoms with Crippen molar-refractivity contribution in [1.29, 1.82) is 0 Å². The third kappa shape index (κ3) is 1.69.